The molecule has 2 aliphatic heterocycles. The number of primary amides is 1. The molecule has 9 nitrogen and oxygen atoms in total. The Hall–Kier alpha value is -2.88. The second-order valence-electron chi connectivity index (χ2n) is 9.38. The van der Waals surface area contributed by atoms with Gasteiger partial charge in [-0.05, 0) is 30.4 Å². The maximum absolute atomic E-state index is 13.8. The molecule has 3 rings (SSSR count). The van der Waals surface area contributed by atoms with E-state index in [1.54, 1.807) is 0 Å². The molecule has 32 heavy (non-hydrogen) atoms. The number of benzene rings is 1. The van der Waals surface area contributed by atoms with Crippen LogP contribution in [0.1, 0.15) is 46.5 Å². The van der Waals surface area contributed by atoms with Crippen LogP contribution in [0.4, 0.5) is 14.9 Å². The van der Waals surface area contributed by atoms with E-state index in [1.807, 2.05) is 20.8 Å². The van der Waals surface area contributed by atoms with Gasteiger partial charge >= 0.3 is 6.09 Å². The SMILES string of the molecule is CC(C)(C)CC[C@H](OC(N)=O)C(=O)NC1C(=O)Nc2ccc(F)cc2OC12CCOCC2. The minimum absolute atomic E-state index is 0.115. The van der Waals surface area contributed by atoms with Gasteiger partial charge in [-0.2, -0.15) is 0 Å². The second-order valence-corrected chi connectivity index (χ2v) is 9.38. The fraction of sp³-hybridized carbons (Fsp3) is 0.591. The molecule has 0 radical (unpaired) electrons. The number of carbonyl (C=O) groups is 3. The van der Waals surface area contributed by atoms with Crippen LogP contribution in [-0.2, 0) is 19.1 Å². The van der Waals surface area contributed by atoms with Crippen molar-refractivity contribution in [2.24, 2.45) is 11.1 Å². The Bertz CT molecular complexity index is 879. The van der Waals surface area contributed by atoms with Gasteiger partial charge < -0.3 is 30.6 Å². The first-order valence-corrected chi connectivity index (χ1v) is 10.6. The standard InChI is InChI=1S/C22H30FN3O6/c1-21(2,3)7-6-15(31-20(24)29)18(27)26-17-19(28)25-14-5-4-13(23)12-16(14)32-22(17)8-10-30-11-9-22/h4-5,12,15,17H,6-11H2,1-3H3,(H2,24,29)(H,25,28)(H,26,27)/t15-,17?/m0/s1. The smallest absolute Gasteiger partial charge is 0.405 e. The monoisotopic (exact) mass is 451 g/mol. The number of nitrogens with one attached hydrogen (secondary N) is 2. The molecule has 1 saturated heterocycles. The van der Waals surface area contributed by atoms with Gasteiger partial charge in [-0.25, -0.2) is 9.18 Å². The normalized spacial score (nSPS) is 20.9. The van der Waals surface area contributed by atoms with E-state index < -0.39 is 41.5 Å². The molecule has 1 fully saturated rings. The fourth-order valence-electron chi connectivity index (χ4n) is 3.89. The quantitative estimate of drug-likeness (QED) is 0.631. The summed E-state index contributed by atoms with van der Waals surface area (Å²) in [6.45, 7) is 6.58. The molecule has 1 aromatic rings. The Morgan fingerprint density at radius 1 is 1.34 bits per heavy atom. The third-order valence-electron chi connectivity index (χ3n) is 5.64. The largest absolute Gasteiger partial charge is 0.482 e. The zero-order valence-electron chi connectivity index (χ0n) is 18.5. The Balaban J connectivity index is 1.88. The number of rotatable bonds is 5. The fourth-order valence-corrected chi connectivity index (χ4v) is 3.89. The third-order valence-corrected chi connectivity index (χ3v) is 5.64. The summed E-state index contributed by atoms with van der Waals surface area (Å²) in [5.41, 5.74) is 4.20. The van der Waals surface area contributed by atoms with Crippen molar-refractivity contribution >= 4 is 23.6 Å². The summed E-state index contributed by atoms with van der Waals surface area (Å²) in [5, 5.41) is 5.40. The maximum Gasteiger partial charge on any atom is 0.405 e. The van der Waals surface area contributed by atoms with E-state index in [0.717, 1.165) is 0 Å². The van der Waals surface area contributed by atoms with Gasteiger partial charge in [0, 0.05) is 18.9 Å². The van der Waals surface area contributed by atoms with Crippen LogP contribution in [0.15, 0.2) is 18.2 Å². The molecular formula is C22H30FN3O6. The van der Waals surface area contributed by atoms with Crippen LogP contribution in [-0.4, -0.2) is 48.9 Å². The molecule has 1 unspecified atom stereocenters. The Labute approximate surface area is 186 Å². The van der Waals surface area contributed by atoms with Crippen molar-refractivity contribution in [3.8, 4) is 5.75 Å². The molecule has 0 aromatic heterocycles. The zero-order valence-corrected chi connectivity index (χ0v) is 18.5. The van der Waals surface area contributed by atoms with Gasteiger partial charge in [0.15, 0.2) is 6.10 Å². The molecule has 10 heteroatoms. The van der Waals surface area contributed by atoms with Crippen LogP contribution < -0.4 is 21.1 Å². The van der Waals surface area contributed by atoms with Crippen molar-refractivity contribution in [1.29, 1.82) is 0 Å². The summed E-state index contributed by atoms with van der Waals surface area (Å²) < 4.78 is 30.5. The van der Waals surface area contributed by atoms with Crippen LogP contribution in [0.5, 0.6) is 5.75 Å². The van der Waals surface area contributed by atoms with Crippen LogP contribution in [0.25, 0.3) is 0 Å². The molecule has 2 aliphatic rings. The van der Waals surface area contributed by atoms with Crippen molar-refractivity contribution in [2.45, 2.75) is 64.2 Å². The molecule has 1 aromatic carbocycles. The van der Waals surface area contributed by atoms with Gasteiger partial charge in [0.1, 0.15) is 23.2 Å². The lowest BCUT2D eigenvalue weighted by Gasteiger charge is -2.41. The molecule has 4 N–H and O–H groups in total. The van der Waals surface area contributed by atoms with E-state index in [2.05, 4.69) is 10.6 Å². The summed E-state index contributed by atoms with van der Waals surface area (Å²) >= 11 is 0. The predicted molar refractivity (Wildman–Crippen MR) is 114 cm³/mol. The van der Waals surface area contributed by atoms with E-state index in [9.17, 15) is 18.8 Å². The van der Waals surface area contributed by atoms with Crippen molar-refractivity contribution in [1.82, 2.24) is 5.32 Å². The van der Waals surface area contributed by atoms with E-state index in [0.29, 0.717) is 38.2 Å². The highest BCUT2D eigenvalue weighted by molar-refractivity contribution is 6.00. The molecule has 0 bridgehead atoms. The lowest BCUT2D eigenvalue weighted by atomic mass is 9.84. The number of ether oxygens (including phenoxy) is 3. The van der Waals surface area contributed by atoms with Gasteiger partial charge in [0.25, 0.3) is 11.8 Å². The first-order chi connectivity index (χ1) is 15.0. The highest BCUT2D eigenvalue weighted by Crippen LogP contribution is 2.38. The molecule has 0 aliphatic carbocycles. The third kappa shape index (κ3) is 5.67. The average molecular weight is 451 g/mol. The highest BCUT2D eigenvalue weighted by Gasteiger charge is 2.50. The van der Waals surface area contributed by atoms with Crippen molar-refractivity contribution in [3.05, 3.63) is 24.0 Å². The number of amides is 3. The van der Waals surface area contributed by atoms with Gasteiger partial charge in [0.05, 0.1) is 18.9 Å². The van der Waals surface area contributed by atoms with Gasteiger partial charge in [0.2, 0.25) is 0 Å². The number of carbonyl (C=O) groups excluding carboxylic acids is 3. The second kappa shape index (κ2) is 9.32. The Morgan fingerprint density at radius 2 is 2.03 bits per heavy atom. The minimum Gasteiger partial charge on any atom is -0.482 e. The van der Waals surface area contributed by atoms with Crippen molar-refractivity contribution in [3.63, 3.8) is 0 Å². The molecule has 3 amide bonds. The van der Waals surface area contributed by atoms with Crippen molar-refractivity contribution in [2.75, 3.05) is 18.5 Å². The number of halogens is 1. The van der Waals surface area contributed by atoms with Crippen molar-refractivity contribution < 1.29 is 33.0 Å². The topological polar surface area (TPSA) is 129 Å². The van der Waals surface area contributed by atoms with E-state index in [1.165, 1.54) is 18.2 Å². The molecule has 2 atom stereocenters. The maximum atomic E-state index is 13.8. The van der Waals surface area contributed by atoms with Gasteiger partial charge in [-0.3, -0.25) is 9.59 Å². The van der Waals surface area contributed by atoms with E-state index in [4.69, 9.17) is 19.9 Å². The van der Waals surface area contributed by atoms with Crippen LogP contribution in [0.3, 0.4) is 0 Å². The number of hydrogen-bond acceptors (Lipinski definition) is 6. The minimum atomic E-state index is -1.17. The van der Waals surface area contributed by atoms with Gasteiger partial charge in [-0.15, -0.1) is 0 Å². The summed E-state index contributed by atoms with van der Waals surface area (Å²) in [6, 6.07) is 2.69. The molecule has 1 spiro atoms. The van der Waals surface area contributed by atoms with Gasteiger partial charge in [-0.1, -0.05) is 20.8 Å². The summed E-state index contributed by atoms with van der Waals surface area (Å²) in [7, 11) is 0. The summed E-state index contributed by atoms with van der Waals surface area (Å²) in [6.07, 6.45) is -0.844. The summed E-state index contributed by atoms with van der Waals surface area (Å²) in [5.74, 6) is -1.51. The zero-order chi connectivity index (χ0) is 23.5. The first kappa shape index (κ1) is 23.8. The van der Waals surface area contributed by atoms with E-state index >= 15 is 0 Å². The average Bonchev–Trinajstić information content (AvgIpc) is 2.80. The molecule has 2 heterocycles. The Kier molecular flexibility index (Phi) is 6.92. The number of nitrogens with two attached hydrogens (primary N) is 1. The molecule has 176 valence electrons. The van der Waals surface area contributed by atoms with E-state index in [-0.39, 0.29) is 17.6 Å². The van der Waals surface area contributed by atoms with Crippen LogP contribution in [0.2, 0.25) is 0 Å². The molecular weight excluding hydrogens is 421 g/mol. The highest BCUT2D eigenvalue weighted by atomic mass is 19.1. The summed E-state index contributed by atoms with van der Waals surface area (Å²) in [4.78, 5) is 37.7. The first-order valence-electron chi connectivity index (χ1n) is 10.6. The predicted octanol–water partition coefficient (Wildman–Crippen LogP) is 2.48. The van der Waals surface area contributed by atoms with Crippen LogP contribution in [0, 0.1) is 11.2 Å². The number of hydrogen-bond donors (Lipinski definition) is 3. The lowest BCUT2D eigenvalue weighted by Crippen LogP contribution is -2.63. The number of anilines is 1. The Morgan fingerprint density at radius 3 is 2.66 bits per heavy atom. The molecule has 0 saturated carbocycles. The van der Waals surface area contributed by atoms with Crippen LogP contribution >= 0.6 is 0 Å². The number of fused-ring (bicyclic) bond motifs is 1. The lowest BCUT2D eigenvalue weighted by molar-refractivity contribution is -0.140.